The smallest absolute Gasteiger partial charge is 0.347 e. The van der Waals surface area contributed by atoms with Gasteiger partial charge >= 0.3 is 5.97 Å². The normalized spacial score (nSPS) is 12.3. The Labute approximate surface area is 157 Å². The minimum atomic E-state index is -0.738. The molecular weight excluding hydrogens is 348 g/mol. The van der Waals surface area contributed by atoms with E-state index < -0.39 is 12.1 Å². The molecule has 0 amide bonds. The second kappa shape index (κ2) is 7.73. The van der Waals surface area contributed by atoms with E-state index in [1.165, 1.54) is 6.33 Å². The van der Waals surface area contributed by atoms with Gasteiger partial charge in [0, 0.05) is 19.3 Å². The Bertz CT molecular complexity index is 962. The first-order valence-corrected chi connectivity index (χ1v) is 9.05. The summed E-state index contributed by atoms with van der Waals surface area (Å²) in [5.74, 6) is 0.571. The fourth-order valence-electron chi connectivity index (χ4n) is 2.96. The first kappa shape index (κ1) is 18.8. The molecule has 3 aromatic heterocycles. The van der Waals surface area contributed by atoms with Crippen LogP contribution in [0.1, 0.15) is 32.9 Å². The molecule has 1 atom stereocenters. The summed E-state index contributed by atoms with van der Waals surface area (Å²) >= 11 is 0. The van der Waals surface area contributed by atoms with Crippen molar-refractivity contribution >= 4 is 17.1 Å². The number of esters is 1. The summed E-state index contributed by atoms with van der Waals surface area (Å²) in [7, 11) is 1.88. The number of nitrogens with zero attached hydrogens (tertiary/aromatic N) is 6. The van der Waals surface area contributed by atoms with Crippen LogP contribution in [0, 0.1) is 6.92 Å². The van der Waals surface area contributed by atoms with E-state index in [-0.39, 0.29) is 5.88 Å². The molecule has 3 rings (SSSR count). The molecule has 0 fully saturated rings. The molecule has 0 saturated heterocycles. The zero-order valence-electron chi connectivity index (χ0n) is 16.3. The van der Waals surface area contributed by atoms with Crippen molar-refractivity contribution in [3.05, 3.63) is 18.2 Å². The molecule has 0 radical (unpaired) electrons. The highest BCUT2D eigenvalue weighted by molar-refractivity contribution is 5.82. The summed E-state index contributed by atoms with van der Waals surface area (Å²) in [5.41, 5.74) is 3.06. The molecule has 3 heterocycles. The third kappa shape index (κ3) is 3.36. The van der Waals surface area contributed by atoms with Crippen molar-refractivity contribution < 1.29 is 14.3 Å². The van der Waals surface area contributed by atoms with Crippen molar-refractivity contribution in [3.8, 4) is 17.3 Å². The molecule has 0 aromatic carbocycles. The summed E-state index contributed by atoms with van der Waals surface area (Å²) in [6.45, 7) is 8.73. The number of hydrogen-bond donors (Lipinski definition) is 0. The first-order chi connectivity index (χ1) is 13.0. The van der Waals surface area contributed by atoms with Crippen LogP contribution in [0.25, 0.3) is 22.6 Å². The minimum absolute atomic E-state index is 0.266. The zero-order chi connectivity index (χ0) is 19.6. The topological polar surface area (TPSA) is 97.0 Å². The van der Waals surface area contributed by atoms with E-state index in [4.69, 9.17) is 14.5 Å². The molecule has 3 aromatic rings. The second-order valence-electron chi connectivity index (χ2n) is 6.07. The largest absolute Gasteiger partial charge is 0.463 e. The van der Waals surface area contributed by atoms with Crippen LogP contribution < -0.4 is 4.74 Å². The van der Waals surface area contributed by atoms with Crippen LogP contribution in [0.3, 0.4) is 0 Å². The van der Waals surface area contributed by atoms with Crippen molar-refractivity contribution in [2.75, 3.05) is 6.61 Å². The van der Waals surface area contributed by atoms with Gasteiger partial charge in [-0.2, -0.15) is 10.1 Å². The van der Waals surface area contributed by atoms with Crippen LogP contribution in [0.2, 0.25) is 0 Å². The number of fused-ring (bicyclic) bond motifs is 1. The van der Waals surface area contributed by atoms with Crippen molar-refractivity contribution in [1.82, 2.24) is 29.3 Å². The van der Waals surface area contributed by atoms with Gasteiger partial charge in [0.2, 0.25) is 5.88 Å². The molecule has 0 aliphatic carbocycles. The van der Waals surface area contributed by atoms with Crippen LogP contribution >= 0.6 is 0 Å². The van der Waals surface area contributed by atoms with E-state index in [1.54, 1.807) is 13.1 Å². The van der Waals surface area contributed by atoms with E-state index in [1.807, 2.05) is 37.1 Å². The number of aromatic nitrogens is 6. The van der Waals surface area contributed by atoms with E-state index >= 15 is 0 Å². The molecule has 0 N–H and O–H groups in total. The minimum Gasteiger partial charge on any atom is -0.463 e. The highest BCUT2D eigenvalue weighted by Crippen LogP contribution is 2.29. The molecule has 0 bridgehead atoms. The predicted molar refractivity (Wildman–Crippen MR) is 99.3 cm³/mol. The standard InChI is InChI=1S/C18H24N6O3/c1-6-13(18(25)26-8-3)27-17-14-16(19-10-20-17)23(5)15(22-14)12-9-21-24(7-2)11(12)4/h9-10,13H,6-8H2,1-5H3. The van der Waals surface area contributed by atoms with Crippen LogP contribution in [-0.2, 0) is 23.1 Å². The number of imidazole rings is 1. The molecule has 27 heavy (non-hydrogen) atoms. The Morgan fingerprint density at radius 2 is 2.04 bits per heavy atom. The van der Waals surface area contributed by atoms with E-state index in [0.717, 1.165) is 23.6 Å². The molecule has 9 nitrogen and oxygen atoms in total. The Hall–Kier alpha value is -2.97. The Balaban J connectivity index is 2.04. The lowest BCUT2D eigenvalue weighted by Gasteiger charge is -2.15. The highest BCUT2D eigenvalue weighted by Gasteiger charge is 2.24. The number of rotatable bonds is 7. The summed E-state index contributed by atoms with van der Waals surface area (Å²) in [5, 5.41) is 4.38. The Kier molecular flexibility index (Phi) is 5.38. The molecule has 144 valence electrons. The maximum absolute atomic E-state index is 12.1. The van der Waals surface area contributed by atoms with Gasteiger partial charge in [0.05, 0.1) is 18.4 Å². The van der Waals surface area contributed by atoms with Crippen molar-refractivity contribution in [1.29, 1.82) is 0 Å². The third-order valence-corrected chi connectivity index (χ3v) is 4.44. The second-order valence-corrected chi connectivity index (χ2v) is 6.07. The molecule has 0 spiro atoms. The van der Waals surface area contributed by atoms with Gasteiger partial charge in [-0.15, -0.1) is 0 Å². The average molecular weight is 372 g/mol. The lowest BCUT2D eigenvalue weighted by atomic mass is 10.2. The number of aryl methyl sites for hydroxylation is 2. The van der Waals surface area contributed by atoms with Gasteiger partial charge in [-0.05, 0) is 27.2 Å². The maximum atomic E-state index is 12.1. The molecule has 0 aliphatic rings. The lowest BCUT2D eigenvalue weighted by Crippen LogP contribution is -2.29. The molecule has 0 aliphatic heterocycles. The summed E-state index contributed by atoms with van der Waals surface area (Å²) in [6.07, 6.45) is 2.93. The number of ether oxygens (including phenoxy) is 2. The van der Waals surface area contributed by atoms with Gasteiger partial charge in [-0.25, -0.2) is 14.8 Å². The summed E-state index contributed by atoms with van der Waals surface area (Å²) < 4.78 is 14.7. The van der Waals surface area contributed by atoms with Crippen LogP contribution in [0.4, 0.5) is 0 Å². The van der Waals surface area contributed by atoms with Gasteiger partial charge in [0.25, 0.3) is 0 Å². The SMILES string of the molecule is CCOC(=O)C(CC)Oc1ncnc2c1nc(-c1cnn(CC)c1C)n2C. The fourth-order valence-corrected chi connectivity index (χ4v) is 2.96. The van der Waals surface area contributed by atoms with E-state index in [9.17, 15) is 4.79 Å². The number of hydrogen-bond acceptors (Lipinski definition) is 7. The molecule has 0 saturated carbocycles. The number of carbonyl (C=O) groups is 1. The summed E-state index contributed by atoms with van der Waals surface area (Å²) in [6, 6.07) is 0. The van der Waals surface area contributed by atoms with Gasteiger partial charge < -0.3 is 14.0 Å². The van der Waals surface area contributed by atoms with Gasteiger partial charge in [-0.1, -0.05) is 6.92 Å². The van der Waals surface area contributed by atoms with Gasteiger partial charge in [0.15, 0.2) is 17.3 Å². The molecular formula is C18H24N6O3. The predicted octanol–water partition coefficient (Wildman–Crippen LogP) is 2.28. The maximum Gasteiger partial charge on any atom is 0.347 e. The highest BCUT2D eigenvalue weighted by atomic mass is 16.6. The molecule has 1 unspecified atom stereocenters. The number of carbonyl (C=O) groups excluding carboxylic acids is 1. The van der Waals surface area contributed by atoms with Crippen molar-refractivity contribution in [2.24, 2.45) is 7.05 Å². The van der Waals surface area contributed by atoms with Gasteiger partial charge in [0.1, 0.15) is 12.2 Å². The zero-order valence-corrected chi connectivity index (χ0v) is 16.3. The Morgan fingerprint density at radius 3 is 2.67 bits per heavy atom. The summed E-state index contributed by atoms with van der Waals surface area (Å²) in [4.78, 5) is 25.3. The van der Waals surface area contributed by atoms with Crippen LogP contribution in [0.5, 0.6) is 5.88 Å². The van der Waals surface area contributed by atoms with Crippen LogP contribution in [0.15, 0.2) is 12.5 Å². The van der Waals surface area contributed by atoms with E-state index in [2.05, 4.69) is 15.1 Å². The quantitative estimate of drug-likeness (QED) is 0.587. The van der Waals surface area contributed by atoms with Crippen molar-refractivity contribution in [3.63, 3.8) is 0 Å². The van der Waals surface area contributed by atoms with Crippen LogP contribution in [-0.4, -0.2) is 48.0 Å². The van der Waals surface area contributed by atoms with E-state index in [0.29, 0.717) is 24.2 Å². The third-order valence-electron chi connectivity index (χ3n) is 4.44. The monoisotopic (exact) mass is 372 g/mol. The lowest BCUT2D eigenvalue weighted by molar-refractivity contribution is -0.151. The first-order valence-electron chi connectivity index (χ1n) is 9.05. The van der Waals surface area contributed by atoms with Gasteiger partial charge in [-0.3, -0.25) is 4.68 Å². The van der Waals surface area contributed by atoms with Crippen molar-refractivity contribution in [2.45, 2.75) is 46.8 Å². The molecule has 9 heteroatoms. The Morgan fingerprint density at radius 1 is 1.26 bits per heavy atom. The average Bonchev–Trinajstić information content (AvgIpc) is 3.20. The fraction of sp³-hybridized carbons (Fsp3) is 0.500.